The van der Waals surface area contributed by atoms with Gasteiger partial charge in [-0.15, -0.1) is 0 Å². The number of likely N-dealkylation sites (tertiary alicyclic amines) is 1. The number of aromatic amines is 1. The van der Waals surface area contributed by atoms with Gasteiger partial charge in [0, 0.05) is 36.6 Å². The molecule has 0 saturated carbocycles. The molecule has 1 aromatic heterocycles. The fraction of sp³-hybridized carbons (Fsp3) is 0.542. The van der Waals surface area contributed by atoms with E-state index in [9.17, 15) is 14.0 Å². The number of nitrogens with one attached hydrogen (secondary N) is 1. The lowest BCUT2D eigenvalue weighted by atomic mass is 9.89. The Morgan fingerprint density at radius 1 is 1.19 bits per heavy atom. The van der Waals surface area contributed by atoms with Crippen LogP contribution < -0.4 is 0 Å². The van der Waals surface area contributed by atoms with Crippen LogP contribution in [0.5, 0.6) is 0 Å². The van der Waals surface area contributed by atoms with Gasteiger partial charge in [-0.3, -0.25) is 14.7 Å². The lowest BCUT2D eigenvalue weighted by Crippen LogP contribution is -2.40. The Bertz CT molecular complexity index is 1020. The maximum Gasteiger partial charge on any atom is 0.274 e. The third-order valence-corrected chi connectivity index (χ3v) is 6.69. The number of carbonyl (C=O) groups is 2. The number of hydrogen-bond donors (Lipinski definition) is 1. The predicted octanol–water partition coefficient (Wildman–Crippen LogP) is 4.54. The average Bonchev–Trinajstić information content (AvgIpc) is 3.17. The monoisotopic (exact) mass is 460 g/mol. The van der Waals surface area contributed by atoms with Crippen LogP contribution in [0.25, 0.3) is 0 Å². The summed E-state index contributed by atoms with van der Waals surface area (Å²) in [6.45, 7) is 8.38. The molecular weight excluding hydrogens is 431 g/mol. The van der Waals surface area contributed by atoms with Gasteiger partial charge in [-0.25, -0.2) is 4.39 Å². The number of rotatable bonds is 3. The number of H-pyrrole nitrogens is 1. The molecule has 4 rings (SSSR count). The van der Waals surface area contributed by atoms with Crippen molar-refractivity contribution >= 4 is 23.4 Å². The molecule has 6 nitrogen and oxygen atoms in total. The number of fused-ring (bicyclic) bond motifs is 1. The Kier molecular flexibility index (Phi) is 6.30. The summed E-state index contributed by atoms with van der Waals surface area (Å²) >= 11 is 6.27. The van der Waals surface area contributed by atoms with Gasteiger partial charge in [0.05, 0.1) is 12.2 Å². The van der Waals surface area contributed by atoms with Crippen LogP contribution in [0, 0.1) is 11.2 Å². The van der Waals surface area contributed by atoms with Crippen molar-refractivity contribution in [2.24, 2.45) is 5.41 Å². The van der Waals surface area contributed by atoms with Gasteiger partial charge in [0.2, 0.25) is 5.91 Å². The van der Waals surface area contributed by atoms with Gasteiger partial charge in [-0.05, 0) is 54.4 Å². The smallest absolute Gasteiger partial charge is 0.274 e. The van der Waals surface area contributed by atoms with E-state index >= 15 is 0 Å². The van der Waals surface area contributed by atoms with Crippen LogP contribution in [0.1, 0.15) is 73.3 Å². The van der Waals surface area contributed by atoms with E-state index in [1.54, 1.807) is 6.07 Å². The number of piperidine rings is 1. The van der Waals surface area contributed by atoms with E-state index < -0.39 is 0 Å². The highest BCUT2D eigenvalue weighted by molar-refractivity contribution is 6.31. The lowest BCUT2D eigenvalue weighted by Gasteiger charge is -2.33. The normalized spacial score (nSPS) is 17.4. The maximum atomic E-state index is 13.7. The molecule has 0 atom stereocenters. The van der Waals surface area contributed by atoms with Crippen LogP contribution in [-0.4, -0.2) is 51.4 Å². The molecule has 32 heavy (non-hydrogen) atoms. The van der Waals surface area contributed by atoms with E-state index in [1.165, 1.54) is 12.1 Å². The molecule has 2 aromatic rings. The van der Waals surface area contributed by atoms with Crippen LogP contribution in [0.4, 0.5) is 4.39 Å². The number of carbonyl (C=O) groups excluding carboxylic acids is 2. The fourth-order valence-electron chi connectivity index (χ4n) is 4.64. The quantitative estimate of drug-likeness (QED) is 0.730. The van der Waals surface area contributed by atoms with Crippen molar-refractivity contribution < 1.29 is 14.0 Å². The van der Waals surface area contributed by atoms with Crippen molar-refractivity contribution in [3.63, 3.8) is 0 Å². The van der Waals surface area contributed by atoms with E-state index in [4.69, 9.17) is 11.6 Å². The number of nitrogens with zero attached hydrogens (tertiary/aromatic N) is 3. The second-order valence-electron chi connectivity index (χ2n) is 10.1. The van der Waals surface area contributed by atoms with E-state index in [1.807, 2.05) is 9.80 Å². The number of halogens is 2. The van der Waals surface area contributed by atoms with E-state index in [2.05, 4.69) is 31.0 Å². The van der Waals surface area contributed by atoms with Crippen LogP contribution >= 0.6 is 11.6 Å². The van der Waals surface area contributed by atoms with Gasteiger partial charge < -0.3 is 9.80 Å². The van der Waals surface area contributed by atoms with Crippen molar-refractivity contribution in [3.8, 4) is 0 Å². The van der Waals surface area contributed by atoms with Gasteiger partial charge in [0.1, 0.15) is 5.82 Å². The minimum atomic E-state index is -0.291. The number of aromatic nitrogens is 2. The average molecular weight is 461 g/mol. The second kappa shape index (κ2) is 8.85. The molecule has 0 spiro atoms. The summed E-state index contributed by atoms with van der Waals surface area (Å²) in [5.41, 5.74) is 2.99. The highest BCUT2D eigenvalue weighted by Crippen LogP contribution is 2.34. The molecule has 0 aliphatic carbocycles. The minimum Gasteiger partial charge on any atom is -0.337 e. The standard InChI is InChI=1S/C24H30ClFN4O2/c1-24(2,3)13-21(31)30-11-8-17-20(14-30)27-28-22(17)23(32)29-9-6-15(7-10-29)18-12-16(26)4-5-19(18)25/h4-5,12,15H,6-11,13-14H2,1-3H3,(H,27,28). The van der Waals surface area contributed by atoms with Crippen LogP contribution in [-0.2, 0) is 17.8 Å². The molecule has 2 aliphatic rings. The molecule has 8 heteroatoms. The third kappa shape index (κ3) is 4.82. The SMILES string of the molecule is CC(C)(C)CC(=O)N1CCc2c(C(=O)N3CCC(c4cc(F)ccc4Cl)CC3)n[nH]c2C1. The molecule has 1 saturated heterocycles. The Morgan fingerprint density at radius 3 is 2.59 bits per heavy atom. The van der Waals surface area contributed by atoms with Crippen molar-refractivity contribution in [1.82, 2.24) is 20.0 Å². The first-order chi connectivity index (χ1) is 15.1. The van der Waals surface area contributed by atoms with Gasteiger partial charge in [-0.1, -0.05) is 32.4 Å². The molecule has 0 unspecified atom stereocenters. The molecule has 0 bridgehead atoms. The molecule has 172 valence electrons. The molecule has 1 N–H and O–H groups in total. The summed E-state index contributed by atoms with van der Waals surface area (Å²) < 4.78 is 13.7. The number of amides is 2. The molecular formula is C24H30ClFN4O2. The fourth-order valence-corrected chi connectivity index (χ4v) is 4.92. The largest absolute Gasteiger partial charge is 0.337 e. The first-order valence-corrected chi connectivity index (χ1v) is 11.6. The first-order valence-electron chi connectivity index (χ1n) is 11.2. The molecule has 1 aromatic carbocycles. The van der Waals surface area contributed by atoms with Gasteiger partial charge >= 0.3 is 0 Å². The van der Waals surface area contributed by atoms with Gasteiger partial charge in [-0.2, -0.15) is 5.10 Å². The molecule has 1 fully saturated rings. The Balaban J connectivity index is 1.40. The molecule has 0 radical (unpaired) electrons. The Labute approximate surface area is 193 Å². The van der Waals surface area contributed by atoms with Gasteiger partial charge in [0.15, 0.2) is 5.69 Å². The molecule has 3 heterocycles. The van der Waals surface area contributed by atoms with Crippen molar-refractivity contribution in [1.29, 1.82) is 0 Å². The Hall–Kier alpha value is -2.41. The van der Waals surface area contributed by atoms with Crippen molar-refractivity contribution in [3.05, 3.63) is 51.6 Å². The summed E-state index contributed by atoms with van der Waals surface area (Å²) in [6, 6.07) is 4.46. The predicted molar refractivity (Wildman–Crippen MR) is 121 cm³/mol. The first kappa shape index (κ1) is 22.8. The number of hydrogen-bond acceptors (Lipinski definition) is 3. The van der Waals surface area contributed by atoms with Gasteiger partial charge in [0.25, 0.3) is 5.91 Å². The minimum absolute atomic E-state index is 0.0612. The molecule has 2 aliphatic heterocycles. The summed E-state index contributed by atoms with van der Waals surface area (Å²) in [5.74, 6) is -0.108. The zero-order chi connectivity index (χ0) is 23.0. The maximum absolute atomic E-state index is 13.7. The highest BCUT2D eigenvalue weighted by Gasteiger charge is 2.32. The zero-order valence-electron chi connectivity index (χ0n) is 18.9. The second-order valence-corrected chi connectivity index (χ2v) is 10.5. The topological polar surface area (TPSA) is 69.3 Å². The van der Waals surface area contributed by atoms with Crippen LogP contribution in [0.3, 0.4) is 0 Å². The summed E-state index contributed by atoms with van der Waals surface area (Å²) in [4.78, 5) is 29.4. The van der Waals surface area contributed by atoms with Crippen LogP contribution in [0.15, 0.2) is 18.2 Å². The lowest BCUT2D eigenvalue weighted by molar-refractivity contribution is -0.134. The third-order valence-electron chi connectivity index (χ3n) is 6.35. The highest BCUT2D eigenvalue weighted by atomic mass is 35.5. The van der Waals surface area contributed by atoms with Crippen molar-refractivity contribution in [2.45, 2.75) is 58.9 Å². The zero-order valence-corrected chi connectivity index (χ0v) is 19.6. The van der Waals surface area contributed by atoms with E-state index in [-0.39, 0.29) is 29.0 Å². The Morgan fingerprint density at radius 2 is 1.91 bits per heavy atom. The van der Waals surface area contributed by atoms with Crippen molar-refractivity contribution in [2.75, 3.05) is 19.6 Å². The number of benzene rings is 1. The van der Waals surface area contributed by atoms with E-state index in [0.29, 0.717) is 49.7 Å². The summed E-state index contributed by atoms with van der Waals surface area (Å²) in [6.07, 6.45) is 2.58. The summed E-state index contributed by atoms with van der Waals surface area (Å²) in [7, 11) is 0. The summed E-state index contributed by atoms with van der Waals surface area (Å²) in [5, 5.41) is 7.88. The molecule has 2 amide bonds. The van der Waals surface area contributed by atoms with E-state index in [0.717, 1.165) is 29.7 Å². The van der Waals surface area contributed by atoms with Crippen LogP contribution in [0.2, 0.25) is 5.02 Å².